The quantitative estimate of drug-likeness (QED) is 0.781. The number of ether oxygens (including phenoxy) is 1. The summed E-state index contributed by atoms with van der Waals surface area (Å²) in [6, 6.07) is 9.83. The van der Waals surface area contributed by atoms with Crippen molar-refractivity contribution in [2.75, 3.05) is 7.11 Å². The summed E-state index contributed by atoms with van der Waals surface area (Å²) in [5.41, 5.74) is 1.16. The van der Waals surface area contributed by atoms with Crippen LogP contribution in [0.1, 0.15) is 0 Å². The average molecular weight is 303 g/mol. The van der Waals surface area contributed by atoms with E-state index in [2.05, 4.69) is 0 Å². The molecule has 3 aromatic rings. The van der Waals surface area contributed by atoms with Crippen molar-refractivity contribution in [2.45, 2.75) is 0 Å². The first-order valence-corrected chi connectivity index (χ1v) is 6.57. The maximum Gasteiger partial charge on any atom is 0.204 e. The van der Waals surface area contributed by atoms with Gasteiger partial charge in [-0.25, -0.2) is 0 Å². The summed E-state index contributed by atoms with van der Waals surface area (Å²) in [5.74, 6) is 0.0691. The van der Waals surface area contributed by atoms with Crippen LogP contribution in [-0.4, -0.2) is 12.2 Å². The number of rotatable bonds is 2. The van der Waals surface area contributed by atoms with Crippen molar-refractivity contribution >= 4 is 22.6 Å². The van der Waals surface area contributed by atoms with E-state index >= 15 is 0 Å². The van der Waals surface area contributed by atoms with Gasteiger partial charge in [0.15, 0.2) is 11.3 Å². The number of benzene rings is 2. The first-order chi connectivity index (χ1) is 10.1. The van der Waals surface area contributed by atoms with Crippen molar-refractivity contribution < 1.29 is 14.3 Å². The summed E-state index contributed by atoms with van der Waals surface area (Å²) in [6.07, 6.45) is 1.36. The van der Waals surface area contributed by atoms with E-state index in [0.717, 1.165) is 0 Å². The first-order valence-electron chi connectivity index (χ1n) is 6.19. The zero-order valence-electron chi connectivity index (χ0n) is 11.1. The van der Waals surface area contributed by atoms with Crippen LogP contribution in [0.25, 0.3) is 22.1 Å². The third-order valence-corrected chi connectivity index (χ3v) is 3.49. The molecule has 0 bridgehead atoms. The summed E-state index contributed by atoms with van der Waals surface area (Å²) in [4.78, 5) is 12.6. The molecule has 0 fully saturated rings. The number of hydrogen-bond acceptors (Lipinski definition) is 4. The minimum atomic E-state index is -0.197. The third-order valence-electron chi connectivity index (χ3n) is 3.23. The van der Waals surface area contributed by atoms with Gasteiger partial charge in [-0.2, -0.15) is 0 Å². The van der Waals surface area contributed by atoms with E-state index < -0.39 is 0 Å². The second-order valence-corrected chi connectivity index (χ2v) is 4.92. The van der Waals surface area contributed by atoms with E-state index in [4.69, 9.17) is 20.8 Å². The van der Waals surface area contributed by atoms with Gasteiger partial charge in [-0.15, -0.1) is 0 Å². The highest BCUT2D eigenvalue weighted by molar-refractivity contribution is 6.30. The fraction of sp³-hybridized carbons (Fsp3) is 0.0625. The minimum Gasteiger partial charge on any atom is -0.504 e. The highest BCUT2D eigenvalue weighted by Gasteiger charge is 2.15. The molecule has 1 N–H and O–H groups in total. The van der Waals surface area contributed by atoms with Gasteiger partial charge in [0.25, 0.3) is 0 Å². The van der Waals surface area contributed by atoms with Crippen LogP contribution >= 0.6 is 11.6 Å². The summed E-state index contributed by atoms with van der Waals surface area (Å²) in [6.45, 7) is 0. The molecule has 0 amide bonds. The summed E-state index contributed by atoms with van der Waals surface area (Å²) >= 11 is 5.85. The number of phenols is 1. The molecular formula is C16H11ClO4. The van der Waals surface area contributed by atoms with Crippen LogP contribution in [-0.2, 0) is 0 Å². The number of phenolic OH excluding ortho intramolecular Hbond substituents is 1. The molecular weight excluding hydrogens is 292 g/mol. The van der Waals surface area contributed by atoms with Crippen LogP contribution in [0.15, 0.2) is 51.9 Å². The molecule has 4 nitrogen and oxygen atoms in total. The molecule has 0 unspecified atom stereocenters. The molecule has 0 saturated heterocycles. The van der Waals surface area contributed by atoms with Crippen LogP contribution in [0, 0.1) is 0 Å². The standard InChI is InChI=1S/C16H11ClO4/c1-20-16-13(18)7-6-11-14(19)12(8-21-15(11)16)9-2-4-10(17)5-3-9/h2-8,18H,1H3. The van der Waals surface area contributed by atoms with Gasteiger partial charge in [-0.1, -0.05) is 23.7 Å². The van der Waals surface area contributed by atoms with E-state index in [9.17, 15) is 9.90 Å². The molecule has 3 rings (SSSR count). The smallest absolute Gasteiger partial charge is 0.204 e. The Morgan fingerprint density at radius 1 is 1.14 bits per heavy atom. The molecule has 0 aliphatic heterocycles. The Kier molecular flexibility index (Phi) is 3.31. The second kappa shape index (κ2) is 5.14. The normalized spacial score (nSPS) is 10.8. The summed E-state index contributed by atoms with van der Waals surface area (Å²) in [5, 5.41) is 10.7. The molecule has 0 aliphatic rings. The van der Waals surface area contributed by atoms with E-state index in [1.54, 1.807) is 24.3 Å². The number of aromatic hydroxyl groups is 1. The third kappa shape index (κ3) is 2.23. The Balaban J connectivity index is 2.29. The van der Waals surface area contributed by atoms with Crippen LogP contribution in [0.2, 0.25) is 5.02 Å². The van der Waals surface area contributed by atoms with Gasteiger partial charge < -0.3 is 14.3 Å². The Hall–Kier alpha value is -2.46. The molecule has 5 heteroatoms. The predicted octanol–water partition coefficient (Wildman–Crippen LogP) is 3.83. The maximum absolute atomic E-state index is 12.6. The Morgan fingerprint density at radius 3 is 2.52 bits per heavy atom. The second-order valence-electron chi connectivity index (χ2n) is 4.48. The number of hydrogen-bond donors (Lipinski definition) is 1. The molecule has 2 aromatic carbocycles. The van der Waals surface area contributed by atoms with Gasteiger partial charge in [-0.05, 0) is 29.8 Å². The van der Waals surface area contributed by atoms with Gasteiger partial charge >= 0.3 is 0 Å². The van der Waals surface area contributed by atoms with Crippen LogP contribution in [0.4, 0.5) is 0 Å². The zero-order chi connectivity index (χ0) is 15.0. The van der Waals surface area contributed by atoms with E-state index in [0.29, 0.717) is 21.5 Å². The molecule has 0 saturated carbocycles. The lowest BCUT2D eigenvalue weighted by molar-refractivity contribution is 0.370. The monoisotopic (exact) mass is 302 g/mol. The van der Waals surface area contributed by atoms with Crippen molar-refractivity contribution in [1.29, 1.82) is 0 Å². The lowest BCUT2D eigenvalue weighted by Gasteiger charge is -2.07. The van der Waals surface area contributed by atoms with Gasteiger partial charge in [0.05, 0.1) is 18.1 Å². The topological polar surface area (TPSA) is 59.7 Å². The van der Waals surface area contributed by atoms with Gasteiger partial charge in [0, 0.05) is 5.02 Å². The number of halogens is 1. The zero-order valence-corrected chi connectivity index (χ0v) is 11.8. The Labute approximate surface area is 125 Å². The van der Waals surface area contributed by atoms with E-state index in [1.165, 1.54) is 25.5 Å². The van der Waals surface area contributed by atoms with Crippen molar-refractivity contribution in [3.63, 3.8) is 0 Å². The minimum absolute atomic E-state index is 0.0765. The molecule has 0 radical (unpaired) electrons. The number of fused-ring (bicyclic) bond motifs is 1. The van der Waals surface area contributed by atoms with Gasteiger partial charge in [-0.3, -0.25) is 4.79 Å². The van der Waals surface area contributed by atoms with Gasteiger partial charge in [0.2, 0.25) is 11.2 Å². The maximum atomic E-state index is 12.6. The summed E-state index contributed by atoms with van der Waals surface area (Å²) in [7, 11) is 1.40. The fourth-order valence-corrected chi connectivity index (χ4v) is 2.32. The lowest BCUT2D eigenvalue weighted by Crippen LogP contribution is -2.05. The lowest BCUT2D eigenvalue weighted by atomic mass is 10.1. The molecule has 106 valence electrons. The van der Waals surface area contributed by atoms with Crippen molar-refractivity contribution in [2.24, 2.45) is 0 Å². The van der Waals surface area contributed by atoms with Crippen molar-refractivity contribution in [3.8, 4) is 22.6 Å². The molecule has 0 atom stereocenters. The van der Waals surface area contributed by atoms with E-state index in [1.807, 2.05) is 0 Å². The molecule has 0 aliphatic carbocycles. The summed E-state index contributed by atoms with van der Waals surface area (Å²) < 4.78 is 10.6. The molecule has 21 heavy (non-hydrogen) atoms. The molecule has 1 aromatic heterocycles. The number of methoxy groups -OCH3 is 1. The molecule has 0 spiro atoms. The fourth-order valence-electron chi connectivity index (χ4n) is 2.19. The largest absolute Gasteiger partial charge is 0.504 e. The molecule has 1 heterocycles. The Bertz CT molecular complexity index is 866. The van der Waals surface area contributed by atoms with Crippen LogP contribution < -0.4 is 10.2 Å². The average Bonchev–Trinajstić information content (AvgIpc) is 2.49. The van der Waals surface area contributed by atoms with Crippen molar-refractivity contribution in [3.05, 3.63) is 57.9 Å². The Morgan fingerprint density at radius 2 is 1.86 bits per heavy atom. The van der Waals surface area contributed by atoms with Crippen LogP contribution in [0.5, 0.6) is 11.5 Å². The van der Waals surface area contributed by atoms with Gasteiger partial charge in [0.1, 0.15) is 6.26 Å². The van der Waals surface area contributed by atoms with Crippen LogP contribution in [0.3, 0.4) is 0 Å². The van der Waals surface area contributed by atoms with E-state index in [-0.39, 0.29) is 22.5 Å². The highest BCUT2D eigenvalue weighted by Crippen LogP contribution is 2.34. The highest BCUT2D eigenvalue weighted by atomic mass is 35.5. The first kappa shape index (κ1) is 13.5. The predicted molar refractivity (Wildman–Crippen MR) is 81.1 cm³/mol. The van der Waals surface area contributed by atoms with Crippen molar-refractivity contribution in [1.82, 2.24) is 0 Å². The SMILES string of the molecule is COc1c(O)ccc2c(=O)c(-c3ccc(Cl)cc3)coc12.